The molecule has 1 unspecified atom stereocenters. The van der Waals surface area contributed by atoms with Crippen molar-refractivity contribution >= 4 is 23.3 Å². The lowest BCUT2D eigenvalue weighted by atomic mass is 9.69. The van der Waals surface area contributed by atoms with Crippen LogP contribution in [0.2, 0.25) is 0 Å². The predicted molar refractivity (Wildman–Crippen MR) is 75.7 cm³/mol. The van der Waals surface area contributed by atoms with Gasteiger partial charge in [0.15, 0.2) is 0 Å². The average molecular weight is 297 g/mol. The molecule has 1 aliphatic rings. The Balaban J connectivity index is 1.82. The van der Waals surface area contributed by atoms with Crippen LogP contribution in [0.15, 0.2) is 6.20 Å². The summed E-state index contributed by atoms with van der Waals surface area (Å²) in [6, 6.07) is -0.534. The Kier molecular flexibility index (Phi) is 4.27. The van der Waals surface area contributed by atoms with E-state index in [1.165, 1.54) is 11.3 Å². The van der Waals surface area contributed by atoms with Crippen molar-refractivity contribution in [2.45, 2.75) is 39.2 Å². The lowest BCUT2D eigenvalue weighted by Gasteiger charge is -2.37. The van der Waals surface area contributed by atoms with Gasteiger partial charge in [0, 0.05) is 17.6 Å². The summed E-state index contributed by atoms with van der Waals surface area (Å²) in [5.74, 6) is -0.826. The van der Waals surface area contributed by atoms with Crippen molar-refractivity contribution < 1.29 is 14.7 Å². The molecule has 2 amide bonds. The lowest BCUT2D eigenvalue weighted by molar-refractivity contribution is -0.153. The highest BCUT2D eigenvalue weighted by molar-refractivity contribution is 7.11. The van der Waals surface area contributed by atoms with E-state index in [0.29, 0.717) is 12.8 Å². The summed E-state index contributed by atoms with van der Waals surface area (Å²) in [6.07, 6.45) is 3.93. The van der Waals surface area contributed by atoms with Gasteiger partial charge >= 0.3 is 12.0 Å². The molecule has 1 aromatic heterocycles. The van der Waals surface area contributed by atoms with Gasteiger partial charge in [-0.1, -0.05) is 6.42 Å². The minimum atomic E-state index is -0.826. The molecule has 1 fully saturated rings. The van der Waals surface area contributed by atoms with Crippen LogP contribution in [0.25, 0.3) is 0 Å². The number of aliphatic carboxylic acids is 1. The number of urea groups is 1. The topological polar surface area (TPSA) is 91.3 Å². The van der Waals surface area contributed by atoms with Gasteiger partial charge in [0.25, 0.3) is 0 Å². The molecule has 1 saturated carbocycles. The summed E-state index contributed by atoms with van der Waals surface area (Å²) < 4.78 is 0. The van der Waals surface area contributed by atoms with Gasteiger partial charge in [-0.3, -0.25) is 4.79 Å². The van der Waals surface area contributed by atoms with Crippen LogP contribution in [-0.4, -0.2) is 28.6 Å². The number of hydrogen-bond acceptors (Lipinski definition) is 4. The molecule has 0 bridgehead atoms. The lowest BCUT2D eigenvalue weighted by Crippen LogP contribution is -2.50. The summed E-state index contributed by atoms with van der Waals surface area (Å²) in [6.45, 7) is 3.99. The molecular formula is C13H19N3O3S. The molecule has 0 aliphatic heterocycles. The standard InChI is InChI=1S/C13H19N3O3S/c1-8-6-14-10(20-8)9(2)16-12(19)15-7-13(11(17)18)4-3-5-13/h6,9H,3-5,7H2,1-2H3,(H,17,18)(H2,15,16,19). The third-order valence-corrected chi connectivity index (χ3v) is 4.80. The van der Waals surface area contributed by atoms with Gasteiger partial charge in [-0.05, 0) is 26.7 Å². The fourth-order valence-corrected chi connectivity index (χ4v) is 2.98. The van der Waals surface area contributed by atoms with Crippen molar-refractivity contribution in [1.82, 2.24) is 15.6 Å². The van der Waals surface area contributed by atoms with Crippen LogP contribution < -0.4 is 10.6 Å². The minimum absolute atomic E-state index is 0.178. The van der Waals surface area contributed by atoms with Crippen molar-refractivity contribution in [1.29, 1.82) is 0 Å². The second kappa shape index (κ2) is 5.78. The molecule has 1 aromatic rings. The van der Waals surface area contributed by atoms with E-state index in [2.05, 4.69) is 15.6 Å². The van der Waals surface area contributed by atoms with E-state index < -0.39 is 11.4 Å². The minimum Gasteiger partial charge on any atom is -0.481 e. The highest BCUT2D eigenvalue weighted by Crippen LogP contribution is 2.40. The van der Waals surface area contributed by atoms with Crippen LogP contribution in [0.3, 0.4) is 0 Å². The second-order valence-electron chi connectivity index (χ2n) is 5.30. The number of carboxylic acids is 1. The van der Waals surface area contributed by atoms with E-state index in [1.807, 2.05) is 13.8 Å². The third-order valence-electron chi connectivity index (χ3n) is 3.71. The van der Waals surface area contributed by atoms with Gasteiger partial charge in [-0.25, -0.2) is 9.78 Å². The molecule has 0 aromatic carbocycles. The van der Waals surface area contributed by atoms with E-state index in [4.69, 9.17) is 0 Å². The summed E-state index contributed by atoms with van der Waals surface area (Å²) >= 11 is 1.53. The fourth-order valence-electron chi connectivity index (χ4n) is 2.20. The number of aromatic nitrogens is 1. The Labute approximate surface area is 121 Å². The van der Waals surface area contributed by atoms with Gasteiger partial charge in [0.2, 0.25) is 0 Å². The maximum absolute atomic E-state index is 11.8. The van der Waals surface area contributed by atoms with Gasteiger partial charge < -0.3 is 15.7 Å². The fraction of sp³-hybridized carbons (Fsp3) is 0.615. The number of aryl methyl sites for hydroxylation is 1. The van der Waals surface area contributed by atoms with Gasteiger partial charge in [-0.2, -0.15) is 0 Å². The number of rotatable bonds is 5. The summed E-state index contributed by atoms with van der Waals surface area (Å²) in [7, 11) is 0. The first-order valence-electron chi connectivity index (χ1n) is 6.63. The molecule has 0 spiro atoms. The quantitative estimate of drug-likeness (QED) is 0.776. The molecular weight excluding hydrogens is 278 g/mol. The molecule has 3 N–H and O–H groups in total. The maximum atomic E-state index is 11.8. The number of carbonyl (C=O) groups excluding carboxylic acids is 1. The zero-order valence-electron chi connectivity index (χ0n) is 11.6. The third kappa shape index (κ3) is 3.09. The van der Waals surface area contributed by atoms with Gasteiger partial charge in [0.05, 0.1) is 11.5 Å². The van der Waals surface area contributed by atoms with Crippen molar-refractivity contribution in [3.63, 3.8) is 0 Å². The number of amides is 2. The van der Waals surface area contributed by atoms with Crippen LogP contribution in [0, 0.1) is 12.3 Å². The monoisotopic (exact) mass is 297 g/mol. The molecule has 1 heterocycles. The smallest absolute Gasteiger partial charge is 0.315 e. The molecule has 110 valence electrons. The van der Waals surface area contributed by atoms with E-state index in [0.717, 1.165) is 16.3 Å². The SMILES string of the molecule is Cc1cnc(C(C)NC(=O)NCC2(C(=O)O)CCC2)s1. The molecule has 6 nitrogen and oxygen atoms in total. The first-order chi connectivity index (χ1) is 9.43. The van der Waals surface area contributed by atoms with E-state index >= 15 is 0 Å². The number of nitrogens with one attached hydrogen (secondary N) is 2. The van der Waals surface area contributed by atoms with Gasteiger partial charge in [0.1, 0.15) is 5.01 Å². The van der Waals surface area contributed by atoms with Crippen LogP contribution >= 0.6 is 11.3 Å². The number of hydrogen-bond donors (Lipinski definition) is 3. The Morgan fingerprint density at radius 3 is 2.70 bits per heavy atom. The highest BCUT2D eigenvalue weighted by Gasteiger charge is 2.44. The Morgan fingerprint density at radius 1 is 1.55 bits per heavy atom. The van der Waals surface area contributed by atoms with Crippen LogP contribution in [0.4, 0.5) is 4.79 Å². The van der Waals surface area contributed by atoms with Gasteiger partial charge in [-0.15, -0.1) is 11.3 Å². The maximum Gasteiger partial charge on any atom is 0.315 e. The van der Waals surface area contributed by atoms with Crippen molar-refractivity contribution in [3.05, 3.63) is 16.1 Å². The second-order valence-corrected chi connectivity index (χ2v) is 6.56. The Hall–Kier alpha value is -1.63. The molecule has 0 radical (unpaired) electrons. The number of carboxylic acid groups (broad SMARTS) is 1. The Morgan fingerprint density at radius 2 is 2.25 bits per heavy atom. The highest BCUT2D eigenvalue weighted by atomic mass is 32.1. The molecule has 1 aliphatic carbocycles. The summed E-state index contributed by atoms with van der Waals surface area (Å²) in [4.78, 5) is 28.3. The molecule has 0 saturated heterocycles. The van der Waals surface area contributed by atoms with Crippen LogP contribution in [0.1, 0.15) is 42.1 Å². The zero-order chi connectivity index (χ0) is 14.8. The van der Waals surface area contributed by atoms with Crippen LogP contribution in [-0.2, 0) is 4.79 Å². The molecule has 2 rings (SSSR count). The molecule has 7 heteroatoms. The molecule has 1 atom stereocenters. The number of nitrogens with zero attached hydrogens (tertiary/aromatic N) is 1. The first kappa shape index (κ1) is 14.8. The van der Waals surface area contributed by atoms with Crippen molar-refractivity contribution in [2.24, 2.45) is 5.41 Å². The van der Waals surface area contributed by atoms with Crippen molar-refractivity contribution in [3.8, 4) is 0 Å². The van der Waals surface area contributed by atoms with Crippen molar-refractivity contribution in [2.75, 3.05) is 6.54 Å². The number of carbonyl (C=O) groups is 2. The largest absolute Gasteiger partial charge is 0.481 e. The number of thiazole rings is 1. The Bertz CT molecular complexity index is 511. The summed E-state index contributed by atoms with van der Waals surface area (Å²) in [5.41, 5.74) is -0.766. The zero-order valence-corrected chi connectivity index (χ0v) is 12.4. The first-order valence-corrected chi connectivity index (χ1v) is 7.45. The van der Waals surface area contributed by atoms with E-state index in [-0.39, 0.29) is 18.6 Å². The normalized spacial score (nSPS) is 17.9. The van der Waals surface area contributed by atoms with E-state index in [9.17, 15) is 14.7 Å². The molecule has 20 heavy (non-hydrogen) atoms. The average Bonchev–Trinajstić information content (AvgIpc) is 2.74. The predicted octanol–water partition coefficient (Wildman–Crippen LogP) is 2.07. The van der Waals surface area contributed by atoms with E-state index in [1.54, 1.807) is 6.20 Å². The summed E-state index contributed by atoms with van der Waals surface area (Å²) in [5, 5.41) is 15.5. The van der Waals surface area contributed by atoms with Crippen LogP contribution in [0.5, 0.6) is 0 Å².